The number of ether oxygens (including phenoxy) is 1. The molecule has 0 radical (unpaired) electrons. The molecule has 0 bridgehead atoms. The molecule has 1 nitrogen and oxygen atoms in total. The van der Waals surface area contributed by atoms with Crippen LogP contribution in [-0.2, 0) is 0 Å². The normalized spacial score (nSPS) is 9.58. The van der Waals surface area contributed by atoms with E-state index in [0.29, 0.717) is 4.48 Å². The lowest BCUT2D eigenvalue weighted by molar-refractivity contribution is 0.386. The molecule has 0 aromatic heterocycles. The summed E-state index contributed by atoms with van der Waals surface area (Å²) in [6.45, 7) is 3.67. The van der Waals surface area contributed by atoms with E-state index in [1.54, 1.807) is 12.1 Å². The van der Waals surface area contributed by atoms with Crippen molar-refractivity contribution in [2.24, 2.45) is 0 Å². The minimum Gasteiger partial charge on any atom is -0.494 e. The topological polar surface area (TPSA) is 9.23 Å². The van der Waals surface area contributed by atoms with Gasteiger partial charge >= 0.3 is 0 Å². The van der Waals surface area contributed by atoms with Crippen molar-refractivity contribution >= 4 is 20.4 Å². The van der Waals surface area contributed by atoms with Crippen LogP contribution in [0.1, 0.15) is 5.56 Å². The predicted molar refractivity (Wildman–Crippen MR) is 50.9 cm³/mol. The van der Waals surface area contributed by atoms with Crippen molar-refractivity contribution in [1.29, 1.82) is 0 Å². The molecule has 0 amide bonds. The zero-order valence-electron chi connectivity index (χ0n) is 6.60. The first kappa shape index (κ1) is 9.26. The molecule has 0 atom stereocenters. The van der Waals surface area contributed by atoms with Crippen molar-refractivity contribution in [3.8, 4) is 5.75 Å². The van der Waals surface area contributed by atoms with E-state index >= 15 is 0 Å². The van der Waals surface area contributed by atoms with Crippen LogP contribution < -0.4 is 4.74 Å². The molecule has 1 aromatic rings. The van der Waals surface area contributed by atoms with Crippen molar-refractivity contribution in [3.05, 3.63) is 36.2 Å². The maximum absolute atomic E-state index is 12.9. The monoisotopic (exact) mass is 230 g/mol. The third kappa shape index (κ3) is 1.85. The van der Waals surface area contributed by atoms with Crippen molar-refractivity contribution in [2.45, 2.75) is 0 Å². The fourth-order valence-electron chi connectivity index (χ4n) is 0.829. The Bertz CT molecular complexity index is 309. The molecule has 0 heterocycles. The summed E-state index contributed by atoms with van der Waals surface area (Å²) in [7, 11) is 1.43. The van der Waals surface area contributed by atoms with E-state index in [2.05, 4.69) is 22.5 Å². The van der Waals surface area contributed by atoms with E-state index < -0.39 is 0 Å². The molecule has 0 aliphatic rings. The van der Waals surface area contributed by atoms with Crippen LogP contribution in [0.2, 0.25) is 0 Å². The highest BCUT2D eigenvalue weighted by molar-refractivity contribution is 9.15. The highest BCUT2D eigenvalue weighted by Crippen LogP contribution is 2.25. The van der Waals surface area contributed by atoms with Gasteiger partial charge in [-0.15, -0.1) is 0 Å². The summed E-state index contributed by atoms with van der Waals surface area (Å²) in [5.41, 5.74) is 0.813. The maximum atomic E-state index is 12.9. The first-order valence-electron chi connectivity index (χ1n) is 3.33. The molecule has 64 valence electrons. The molecule has 0 unspecified atom stereocenters. The van der Waals surface area contributed by atoms with Gasteiger partial charge in [-0.05, 0) is 17.7 Å². The molecule has 3 heteroatoms. The lowest BCUT2D eigenvalue weighted by Gasteiger charge is -2.03. The highest BCUT2D eigenvalue weighted by atomic mass is 79.9. The van der Waals surface area contributed by atoms with Gasteiger partial charge in [-0.2, -0.15) is 0 Å². The minimum absolute atomic E-state index is 0.230. The molecule has 0 aliphatic carbocycles. The van der Waals surface area contributed by atoms with Gasteiger partial charge in [-0.25, -0.2) is 4.39 Å². The Morgan fingerprint density at radius 1 is 1.58 bits per heavy atom. The maximum Gasteiger partial charge on any atom is 0.165 e. The van der Waals surface area contributed by atoms with Gasteiger partial charge in [0.1, 0.15) is 0 Å². The van der Waals surface area contributed by atoms with Crippen LogP contribution in [0.15, 0.2) is 24.8 Å². The molecule has 0 aliphatic heterocycles. The number of rotatable bonds is 2. The van der Waals surface area contributed by atoms with Crippen LogP contribution in [-0.4, -0.2) is 7.11 Å². The van der Waals surface area contributed by atoms with Gasteiger partial charge in [0.25, 0.3) is 0 Å². The van der Waals surface area contributed by atoms with Crippen LogP contribution in [0.4, 0.5) is 4.39 Å². The molecule has 12 heavy (non-hydrogen) atoms. The second kappa shape index (κ2) is 3.72. The Balaban J connectivity index is 3.13. The number of benzene rings is 1. The Morgan fingerprint density at radius 2 is 2.25 bits per heavy atom. The largest absolute Gasteiger partial charge is 0.494 e. The Hall–Kier alpha value is -0.830. The molecule has 1 aromatic carbocycles. The van der Waals surface area contributed by atoms with Gasteiger partial charge in [0.15, 0.2) is 11.6 Å². The van der Waals surface area contributed by atoms with Crippen LogP contribution >= 0.6 is 15.9 Å². The summed E-state index contributed by atoms with van der Waals surface area (Å²) < 4.78 is 18.4. The molecule has 0 spiro atoms. The Kier molecular flexibility index (Phi) is 2.87. The van der Waals surface area contributed by atoms with Crippen LogP contribution in [0, 0.1) is 5.82 Å². The average Bonchev–Trinajstić information content (AvgIpc) is 2.05. The summed E-state index contributed by atoms with van der Waals surface area (Å²) in [6.07, 6.45) is 0. The Labute approximate surface area is 79.0 Å². The summed E-state index contributed by atoms with van der Waals surface area (Å²) in [4.78, 5) is 0. The number of hydrogen-bond donors (Lipinski definition) is 0. The highest BCUT2D eigenvalue weighted by Gasteiger charge is 2.03. The van der Waals surface area contributed by atoms with Gasteiger partial charge in [0.2, 0.25) is 0 Å². The molecular weight excluding hydrogens is 223 g/mol. The summed E-state index contributed by atoms with van der Waals surface area (Å²) in [6, 6.07) is 4.57. The van der Waals surface area contributed by atoms with Crippen LogP contribution in [0.5, 0.6) is 5.75 Å². The second-order valence-corrected chi connectivity index (χ2v) is 3.21. The van der Waals surface area contributed by atoms with Gasteiger partial charge in [0.05, 0.1) is 7.11 Å². The standard InChI is InChI=1S/C9H8BrFO/c1-6(10)7-3-4-8(11)9(5-7)12-2/h3-5H,1H2,2H3. The molecular formula is C9H8BrFO. The van der Waals surface area contributed by atoms with E-state index in [-0.39, 0.29) is 11.6 Å². The third-order valence-electron chi connectivity index (χ3n) is 1.46. The lowest BCUT2D eigenvalue weighted by atomic mass is 10.2. The van der Waals surface area contributed by atoms with Crippen LogP contribution in [0.25, 0.3) is 4.48 Å². The summed E-state index contributed by atoms with van der Waals surface area (Å²) in [5.74, 6) is -0.136. The number of methoxy groups -OCH3 is 1. The van der Waals surface area contributed by atoms with Crippen LogP contribution in [0.3, 0.4) is 0 Å². The average molecular weight is 231 g/mol. The summed E-state index contributed by atoms with van der Waals surface area (Å²) in [5, 5.41) is 0. The number of halogens is 2. The van der Waals surface area contributed by atoms with E-state index in [4.69, 9.17) is 4.74 Å². The lowest BCUT2D eigenvalue weighted by Crippen LogP contribution is -1.88. The SMILES string of the molecule is C=C(Br)c1ccc(F)c(OC)c1. The molecule has 0 saturated carbocycles. The van der Waals surface area contributed by atoms with E-state index in [1.165, 1.54) is 13.2 Å². The fourth-order valence-corrected chi connectivity index (χ4v) is 1.08. The fraction of sp³-hybridized carbons (Fsp3) is 0.111. The van der Waals surface area contributed by atoms with Crippen molar-refractivity contribution < 1.29 is 9.13 Å². The van der Waals surface area contributed by atoms with Gasteiger partial charge in [-0.3, -0.25) is 0 Å². The molecule has 1 rings (SSSR count). The van der Waals surface area contributed by atoms with E-state index in [1.807, 2.05) is 0 Å². The van der Waals surface area contributed by atoms with Gasteiger partial charge in [-0.1, -0.05) is 28.6 Å². The van der Waals surface area contributed by atoms with Crippen molar-refractivity contribution in [3.63, 3.8) is 0 Å². The first-order valence-corrected chi connectivity index (χ1v) is 4.12. The molecule has 0 saturated heterocycles. The van der Waals surface area contributed by atoms with Crippen molar-refractivity contribution in [1.82, 2.24) is 0 Å². The second-order valence-electron chi connectivity index (χ2n) is 2.25. The van der Waals surface area contributed by atoms with E-state index in [0.717, 1.165) is 5.56 Å². The predicted octanol–water partition coefficient (Wildman–Crippen LogP) is 3.20. The van der Waals surface area contributed by atoms with Crippen molar-refractivity contribution in [2.75, 3.05) is 7.11 Å². The van der Waals surface area contributed by atoms with E-state index in [9.17, 15) is 4.39 Å². The molecule has 0 N–H and O–H groups in total. The number of hydrogen-bond acceptors (Lipinski definition) is 1. The summed E-state index contributed by atoms with van der Waals surface area (Å²) >= 11 is 3.20. The minimum atomic E-state index is -0.366. The first-order chi connectivity index (χ1) is 5.65. The van der Waals surface area contributed by atoms with Gasteiger partial charge in [0, 0.05) is 4.48 Å². The smallest absolute Gasteiger partial charge is 0.165 e. The molecule has 0 fully saturated rings. The zero-order chi connectivity index (χ0) is 9.14. The third-order valence-corrected chi connectivity index (χ3v) is 1.92. The Morgan fingerprint density at radius 3 is 2.75 bits per heavy atom. The zero-order valence-corrected chi connectivity index (χ0v) is 8.19. The van der Waals surface area contributed by atoms with Gasteiger partial charge < -0.3 is 4.74 Å². The quantitative estimate of drug-likeness (QED) is 0.759.